The Hall–Kier alpha value is -2.01. The van der Waals surface area contributed by atoms with Gasteiger partial charge in [-0.3, -0.25) is 4.57 Å². The highest BCUT2D eigenvalue weighted by Gasteiger charge is 2.06. The standard InChI is InChI=1S/C11H8N4S/c1-2-4-9(5-3-1)10-13-11(16-14-10)15-7-6-12-8-15/h1-8H. The van der Waals surface area contributed by atoms with Gasteiger partial charge in [0.05, 0.1) is 0 Å². The normalized spacial score (nSPS) is 10.5. The Labute approximate surface area is 96.4 Å². The molecule has 0 amide bonds. The maximum atomic E-state index is 4.45. The third kappa shape index (κ3) is 1.61. The fourth-order valence-electron chi connectivity index (χ4n) is 1.40. The van der Waals surface area contributed by atoms with Gasteiger partial charge in [-0.15, -0.1) is 0 Å². The summed E-state index contributed by atoms with van der Waals surface area (Å²) in [5.41, 5.74) is 1.03. The molecule has 0 aliphatic heterocycles. The molecule has 0 spiro atoms. The van der Waals surface area contributed by atoms with E-state index in [0.717, 1.165) is 16.5 Å². The fraction of sp³-hybridized carbons (Fsp3) is 0. The summed E-state index contributed by atoms with van der Waals surface area (Å²) >= 11 is 1.36. The van der Waals surface area contributed by atoms with Crippen LogP contribution in [-0.4, -0.2) is 18.9 Å². The molecule has 0 atom stereocenters. The van der Waals surface area contributed by atoms with Gasteiger partial charge in [0.1, 0.15) is 6.33 Å². The molecule has 2 heterocycles. The first-order valence-corrected chi connectivity index (χ1v) is 5.58. The van der Waals surface area contributed by atoms with Gasteiger partial charge in [0.2, 0.25) is 5.13 Å². The number of hydrogen-bond donors (Lipinski definition) is 0. The summed E-state index contributed by atoms with van der Waals surface area (Å²) in [6.45, 7) is 0. The Kier molecular flexibility index (Phi) is 2.23. The van der Waals surface area contributed by atoms with Crippen molar-refractivity contribution in [2.45, 2.75) is 0 Å². The molecule has 0 N–H and O–H groups in total. The summed E-state index contributed by atoms with van der Waals surface area (Å²) in [6.07, 6.45) is 5.30. The SMILES string of the molecule is c1ccc(-c2nsc(-n3ccnc3)n2)cc1. The van der Waals surface area contributed by atoms with Crippen molar-refractivity contribution in [3.63, 3.8) is 0 Å². The van der Waals surface area contributed by atoms with Crippen molar-refractivity contribution < 1.29 is 0 Å². The number of imidazole rings is 1. The first kappa shape index (κ1) is 9.23. The van der Waals surface area contributed by atoms with E-state index in [1.807, 2.05) is 41.1 Å². The van der Waals surface area contributed by atoms with Gasteiger partial charge in [0, 0.05) is 29.5 Å². The Morgan fingerprint density at radius 2 is 2.00 bits per heavy atom. The van der Waals surface area contributed by atoms with Crippen molar-refractivity contribution in [1.29, 1.82) is 0 Å². The third-order valence-corrected chi connectivity index (χ3v) is 2.90. The lowest BCUT2D eigenvalue weighted by Gasteiger charge is -1.93. The number of benzene rings is 1. The van der Waals surface area contributed by atoms with E-state index in [1.165, 1.54) is 11.5 Å². The van der Waals surface area contributed by atoms with Gasteiger partial charge in [-0.2, -0.15) is 9.36 Å². The fourth-order valence-corrected chi connectivity index (χ4v) is 2.04. The Balaban J connectivity index is 2.00. The quantitative estimate of drug-likeness (QED) is 0.676. The highest BCUT2D eigenvalue weighted by atomic mass is 32.1. The van der Waals surface area contributed by atoms with Gasteiger partial charge in [0.15, 0.2) is 5.82 Å². The molecule has 78 valence electrons. The van der Waals surface area contributed by atoms with Crippen LogP contribution in [0, 0.1) is 0 Å². The summed E-state index contributed by atoms with van der Waals surface area (Å²) in [6, 6.07) is 9.94. The van der Waals surface area contributed by atoms with Crippen molar-refractivity contribution in [1.82, 2.24) is 18.9 Å². The summed E-state index contributed by atoms with van der Waals surface area (Å²) in [7, 11) is 0. The molecule has 4 nitrogen and oxygen atoms in total. The minimum absolute atomic E-state index is 0.759. The first-order chi connectivity index (χ1) is 7.93. The predicted molar refractivity (Wildman–Crippen MR) is 62.5 cm³/mol. The van der Waals surface area contributed by atoms with Crippen LogP contribution in [0.5, 0.6) is 0 Å². The molecule has 0 fully saturated rings. The van der Waals surface area contributed by atoms with Crippen LogP contribution in [0.15, 0.2) is 49.1 Å². The molecule has 0 bridgehead atoms. The Bertz CT molecular complexity index is 571. The average Bonchev–Trinajstić information content (AvgIpc) is 3.01. The van der Waals surface area contributed by atoms with Crippen molar-refractivity contribution >= 4 is 11.5 Å². The molecular weight excluding hydrogens is 220 g/mol. The van der Waals surface area contributed by atoms with E-state index in [4.69, 9.17) is 0 Å². The Morgan fingerprint density at radius 3 is 2.75 bits per heavy atom. The second-order valence-corrected chi connectivity index (χ2v) is 3.97. The number of hydrogen-bond acceptors (Lipinski definition) is 4. The zero-order chi connectivity index (χ0) is 10.8. The van der Waals surface area contributed by atoms with E-state index in [0.29, 0.717) is 0 Å². The van der Waals surface area contributed by atoms with Crippen LogP contribution in [0.1, 0.15) is 0 Å². The third-order valence-electron chi connectivity index (χ3n) is 2.17. The highest BCUT2D eigenvalue weighted by molar-refractivity contribution is 7.08. The minimum atomic E-state index is 0.759. The number of aromatic nitrogens is 4. The number of nitrogens with zero attached hydrogens (tertiary/aromatic N) is 4. The first-order valence-electron chi connectivity index (χ1n) is 4.81. The smallest absolute Gasteiger partial charge is 0.214 e. The van der Waals surface area contributed by atoms with E-state index in [9.17, 15) is 0 Å². The molecule has 0 radical (unpaired) electrons. The molecule has 3 rings (SSSR count). The van der Waals surface area contributed by atoms with Crippen LogP contribution >= 0.6 is 11.5 Å². The van der Waals surface area contributed by atoms with Gasteiger partial charge < -0.3 is 0 Å². The molecule has 5 heteroatoms. The lowest BCUT2D eigenvalue weighted by atomic mass is 10.2. The molecule has 1 aromatic carbocycles. The van der Waals surface area contributed by atoms with E-state index >= 15 is 0 Å². The van der Waals surface area contributed by atoms with E-state index in [1.54, 1.807) is 12.5 Å². The molecule has 2 aromatic heterocycles. The van der Waals surface area contributed by atoms with E-state index < -0.39 is 0 Å². The largest absolute Gasteiger partial charge is 0.281 e. The topological polar surface area (TPSA) is 43.6 Å². The zero-order valence-electron chi connectivity index (χ0n) is 8.32. The number of rotatable bonds is 2. The van der Waals surface area contributed by atoms with Crippen molar-refractivity contribution in [2.75, 3.05) is 0 Å². The molecule has 0 unspecified atom stereocenters. The zero-order valence-corrected chi connectivity index (χ0v) is 9.13. The summed E-state index contributed by atoms with van der Waals surface area (Å²) in [4.78, 5) is 8.44. The average molecular weight is 228 g/mol. The van der Waals surface area contributed by atoms with Crippen LogP contribution in [0.3, 0.4) is 0 Å². The molecule has 0 saturated carbocycles. The molecule has 16 heavy (non-hydrogen) atoms. The highest BCUT2D eigenvalue weighted by Crippen LogP contribution is 2.19. The van der Waals surface area contributed by atoms with Crippen LogP contribution in [0.25, 0.3) is 16.5 Å². The van der Waals surface area contributed by atoms with Gasteiger partial charge in [-0.05, 0) is 0 Å². The van der Waals surface area contributed by atoms with Crippen LogP contribution in [-0.2, 0) is 0 Å². The van der Waals surface area contributed by atoms with Crippen molar-refractivity contribution in [2.24, 2.45) is 0 Å². The van der Waals surface area contributed by atoms with E-state index in [2.05, 4.69) is 14.3 Å². The van der Waals surface area contributed by atoms with Gasteiger partial charge in [-0.25, -0.2) is 4.98 Å². The maximum Gasteiger partial charge on any atom is 0.214 e. The van der Waals surface area contributed by atoms with Crippen molar-refractivity contribution in [3.05, 3.63) is 49.1 Å². The lowest BCUT2D eigenvalue weighted by Crippen LogP contribution is -1.88. The van der Waals surface area contributed by atoms with Gasteiger partial charge in [0.25, 0.3) is 0 Å². The minimum Gasteiger partial charge on any atom is -0.281 e. The molecule has 3 aromatic rings. The van der Waals surface area contributed by atoms with Gasteiger partial charge in [-0.1, -0.05) is 30.3 Å². The molecule has 0 saturated heterocycles. The maximum absolute atomic E-state index is 4.45. The van der Waals surface area contributed by atoms with E-state index in [-0.39, 0.29) is 0 Å². The summed E-state index contributed by atoms with van der Waals surface area (Å²) in [5.74, 6) is 0.759. The predicted octanol–water partition coefficient (Wildman–Crippen LogP) is 2.39. The molecule has 0 aliphatic rings. The van der Waals surface area contributed by atoms with Crippen LogP contribution < -0.4 is 0 Å². The molecular formula is C11H8N4S. The van der Waals surface area contributed by atoms with Crippen LogP contribution in [0.4, 0.5) is 0 Å². The molecule has 0 aliphatic carbocycles. The second-order valence-electron chi connectivity index (χ2n) is 3.24. The second kappa shape index (κ2) is 3.86. The summed E-state index contributed by atoms with van der Waals surface area (Å²) in [5, 5.41) is 0.830. The lowest BCUT2D eigenvalue weighted by molar-refractivity contribution is 1.03. The monoisotopic (exact) mass is 228 g/mol. The van der Waals surface area contributed by atoms with Gasteiger partial charge >= 0.3 is 0 Å². The van der Waals surface area contributed by atoms with Crippen molar-refractivity contribution in [3.8, 4) is 16.5 Å². The Morgan fingerprint density at radius 1 is 1.12 bits per heavy atom. The van der Waals surface area contributed by atoms with Crippen LogP contribution in [0.2, 0.25) is 0 Å². The summed E-state index contributed by atoms with van der Waals surface area (Å²) < 4.78 is 6.18.